The number of hydrogen-bond donors (Lipinski definition) is 9. The van der Waals surface area contributed by atoms with E-state index in [0.29, 0.717) is 24.9 Å². The predicted octanol–water partition coefficient (Wildman–Crippen LogP) is -1.53. The zero-order valence-electron chi connectivity index (χ0n) is 21.5. The maximum Gasteiger partial charge on any atom is 0.326 e. The summed E-state index contributed by atoms with van der Waals surface area (Å²) in [5, 5.41) is 37.5. The monoisotopic (exact) mass is 534 g/mol. The fourth-order valence-electron chi connectivity index (χ4n) is 3.89. The molecule has 0 saturated carbocycles. The number of aliphatic hydroxyl groups is 2. The number of nitrogens with one attached hydrogen (secondary N) is 4. The van der Waals surface area contributed by atoms with Crippen LogP contribution < -0.4 is 27.4 Å². The molecule has 1 heterocycles. The van der Waals surface area contributed by atoms with E-state index in [2.05, 4.69) is 20.9 Å². The van der Waals surface area contributed by atoms with E-state index in [0.717, 1.165) is 10.9 Å². The Morgan fingerprint density at radius 1 is 0.921 bits per heavy atom. The number of aliphatic hydroxyl groups excluding tert-OH is 2. The van der Waals surface area contributed by atoms with Gasteiger partial charge in [-0.1, -0.05) is 18.2 Å². The summed E-state index contributed by atoms with van der Waals surface area (Å²) in [7, 11) is 0. The van der Waals surface area contributed by atoms with Gasteiger partial charge in [-0.3, -0.25) is 14.4 Å². The number of fused-ring (bicyclic) bond motifs is 1. The number of carboxylic acids is 1. The highest BCUT2D eigenvalue weighted by atomic mass is 16.4. The molecule has 0 saturated heterocycles. The molecule has 13 nitrogen and oxygen atoms in total. The summed E-state index contributed by atoms with van der Waals surface area (Å²) in [6.07, 6.45) is 0.260. The maximum absolute atomic E-state index is 13.3. The molecule has 38 heavy (non-hydrogen) atoms. The number of carboxylic acid groups (broad SMARTS) is 1. The van der Waals surface area contributed by atoms with Crippen molar-refractivity contribution in [3.05, 3.63) is 36.0 Å². The predicted molar refractivity (Wildman–Crippen MR) is 140 cm³/mol. The molecular formula is C25H38N6O7. The fourth-order valence-corrected chi connectivity index (χ4v) is 3.89. The van der Waals surface area contributed by atoms with Crippen molar-refractivity contribution in [2.75, 3.05) is 6.54 Å². The minimum Gasteiger partial charge on any atom is -0.480 e. The van der Waals surface area contributed by atoms with Gasteiger partial charge in [0.2, 0.25) is 17.7 Å². The van der Waals surface area contributed by atoms with Crippen LogP contribution in [-0.2, 0) is 25.6 Å². The van der Waals surface area contributed by atoms with E-state index in [1.165, 1.54) is 13.8 Å². The molecule has 2 rings (SSSR count). The van der Waals surface area contributed by atoms with E-state index >= 15 is 0 Å². The average Bonchev–Trinajstić information content (AvgIpc) is 3.27. The van der Waals surface area contributed by atoms with Crippen molar-refractivity contribution >= 4 is 34.6 Å². The van der Waals surface area contributed by atoms with E-state index in [4.69, 9.17) is 11.5 Å². The second kappa shape index (κ2) is 14.4. The van der Waals surface area contributed by atoms with Crippen molar-refractivity contribution in [3.63, 3.8) is 0 Å². The van der Waals surface area contributed by atoms with Gasteiger partial charge in [0.05, 0.1) is 12.2 Å². The first-order chi connectivity index (χ1) is 18.0. The van der Waals surface area contributed by atoms with Crippen LogP contribution in [0.4, 0.5) is 0 Å². The highest BCUT2D eigenvalue weighted by molar-refractivity contribution is 5.95. The summed E-state index contributed by atoms with van der Waals surface area (Å²) in [5.74, 6) is -3.75. The minimum atomic E-state index is -1.51. The number of rotatable bonds is 15. The van der Waals surface area contributed by atoms with Gasteiger partial charge in [0.1, 0.15) is 24.2 Å². The Labute approximate surface area is 220 Å². The van der Waals surface area contributed by atoms with E-state index in [9.17, 15) is 34.5 Å². The summed E-state index contributed by atoms with van der Waals surface area (Å²) >= 11 is 0. The molecule has 1 aromatic carbocycles. The number of aromatic nitrogens is 1. The molecule has 1 aromatic heterocycles. The van der Waals surface area contributed by atoms with Gasteiger partial charge in [0, 0.05) is 23.5 Å². The average molecular weight is 535 g/mol. The molecule has 6 unspecified atom stereocenters. The van der Waals surface area contributed by atoms with Crippen LogP contribution in [0.5, 0.6) is 0 Å². The molecule has 0 aliphatic rings. The van der Waals surface area contributed by atoms with Crippen LogP contribution in [0.3, 0.4) is 0 Å². The molecule has 0 radical (unpaired) electrons. The van der Waals surface area contributed by atoms with Gasteiger partial charge in [0.25, 0.3) is 0 Å². The number of carbonyl (C=O) groups is 4. The Balaban J connectivity index is 2.25. The topological polar surface area (TPSA) is 233 Å². The fraction of sp³-hybridized carbons (Fsp3) is 0.520. The third-order valence-corrected chi connectivity index (χ3v) is 6.18. The zero-order valence-corrected chi connectivity index (χ0v) is 21.5. The smallest absolute Gasteiger partial charge is 0.326 e. The molecule has 11 N–H and O–H groups in total. The first-order valence-corrected chi connectivity index (χ1v) is 12.5. The van der Waals surface area contributed by atoms with E-state index in [-0.39, 0.29) is 12.8 Å². The molecule has 13 heteroatoms. The van der Waals surface area contributed by atoms with Crippen molar-refractivity contribution in [2.45, 2.75) is 75.9 Å². The molecule has 0 aliphatic heterocycles. The Morgan fingerprint density at radius 3 is 2.18 bits per heavy atom. The molecule has 0 bridgehead atoms. The molecular weight excluding hydrogens is 496 g/mol. The van der Waals surface area contributed by atoms with Gasteiger partial charge >= 0.3 is 5.97 Å². The quantitative estimate of drug-likeness (QED) is 0.120. The third kappa shape index (κ3) is 8.52. The number of hydrogen-bond acceptors (Lipinski definition) is 8. The largest absolute Gasteiger partial charge is 0.480 e. The lowest BCUT2D eigenvalue weighted by molar-refractivity contribution is -0.143. The summed E-state index contributed by atoms with van der Waals surface area (Å²) < 4.78 is 0. The summed E-state index contributed by atoms with van der Waals surface area (Å²) in [6, 6.07) is 2.04. The van der Waals surface area contributed by atoms with Gasteiger partial charge in [-0.2, -0.15) is 0 Å². The molecule has 3 amide bonds. The Kier molecular flexibility index (Phi) is 11.7. The van der Waals surface area contributed by atoms with Gasteiger partial charge in [-0.15, -0.1) is 0 Å². The van der Waals surface area contributed by atoms with Gasteiger partial charge in [-0.05, 0) is 51.3 Å². The van der Waals surface area contributed by atoms with Crippen molar-refractivity contribution in [1.82, 2.24) is 20.9 Å². The number of para-hydroxylation sites is 1. The number of amides is 3. The number of benzene rings is 1. The van der Waals surface area contributed by atoms with Crippen LogP contribution in [0.15, 0.2) is 30.5 Å². The SMILES string of the molecule is CC(O)C(N)C(=O)NC(Cc1c[nH]c2ccccc12)C(=O)NC(C(=O)NC(CCCCN)C(=O)O)C(C)O. The van der Waals surface area contributed by atoms with E-state index < -0.39 is 60.1 Å². The Morgan fingerprint density at radius 2 is 1.58 bits per heavy atom. The number of nitrogens with two attached hydrogens (primary N) is 2. The van der Waals surface area contributed by atoms with Gasteiger partial charge in [0.15, 0.2) is 0 Å². The molecule has 6 atom stereocenters. The van der Waals surface area contributed by atoms with E-state index in [1.54, 1.807) is 6.20 Å². The van der Waals surface area contributed by atoms with Crippen LogP contribution in [-0.4, -0.2) is 86.9 Å². The van der Waals surface area contributed by atoms with Crippen molar-refractivity contribution in [2.24, 2.45) is 11.5 Å². The van der Waals surface area contributed by atoms with Gasteiger partial charge < -0.3 is 47.7 Å². The highest BCUT2D eigenvalue weighted by Crippen LogP contribution is 2.19. The van der Waals surface area contributed by atoms with E-state index in [1.807, 2.05) is 24.3 Å². The van der Waals surface area contributed by atoms with Crippen molar-refractivity contribution in [1.29, 1.82) is 0 Å². The summed E-state index contributed by atoms with van der Waals surface area (Å²) in [4.78, 5) is 53.5. The lowest BCUT2D eigenvalue weighted by atomic mass is 10.0. The standard InChI is InChI=1S/C25H38N6O7/c1-13(32)20(27)23(35)30-19(11-15-12-28-17-8-4-3-7-16(15)17)22(34)31-21(14(2)33)24(36)29-18(25(37)38)9-5-6-10-26/h3-4,7-8,12-14,18-21,28,32-33H,5-6,9-11,26-27H2,1-2H3,(H,29,36)(H,30,35)(H,31,34)(H,37,38). The summed E-state index contributed by atoms with van der Waals surface area (Å²) in [6.45, 7) is 2.97. The van der Waals surface area contributed by atoms with Crippen LogP contribution in [0.2, 0.25) is 0 Å². The number of unbranched alkanes of at least 4 members (excludes halogenated alkanes) is 1. The number of carbonyl (C=O) groups excluding carboxylic acids is 3. The number of aliphatic carboxylic acids is 1. The summed E-state index contributed by atoms with van der Waals surface area (Å²) in [5.41, 5.74) is 12.7. The lowest BCUT2D eigenvalue weighted by Gasteiger charge is -2.27. The van der Waals surface area contributed by atoms with Crippen LogP contribution in [0, 0.1) is 0 Å². The van der Waals surface area contributed by atoms with Crippen LogP contribution in [0.25, 0.3) is 10.9 Å². The molecule has 0 aliphatic carbocycles. The molecule has 2 aromatic rings. The lowest BCUT2D eigenvalue weighted by Crippen LogP contribution is -2.60. The highest BCUT2D eigenvalue weighted by Gasteiger charge is 2.33. The first-order valence-electron chi connectivity index (χ1n) is 12.5. The van der Waals surface area contributed by atoms with Crippen molar-refractivity contribution < 1.29 is 34.5 Å². The minimum absolute atomic E-state index is 0.000888. The maximum atomic E-state index is 13.3. The first kappa shape index (κ1) is 30.7. The number of aromatic amines is 1. The van der Waals surface area contributed by atoms with Crippen LogP contribution in [0.1, 0.15) is 38.7 Å². The molecule has 0 spiro atoms. The third-order valence-electron chi connectivity index (χ3n) is 6.18. The Hall–Kier alpha value is -3.52. The zero-order chi connectivity index (χ0) is 28.4. The normalized spacial score (nSPS) is 16.1. The van der Waals surface area contributed by atoms with Gasteiger partial charge in [-0.25, -0.2) is 4.79 Å². The Bertz CT molecular complexity index is 1100. The molecule has 0 fully saturated rings. The second-order valence-corrected chi connectivity index (χ2v) is 9.30. The number of H-pyrrole nitrogens is 1. The van der Waals surface area contributed by atoms with Crippen LogP contribution >= 0.6 is 0 Å². The molecule has 210 valence electrons. The second-order valence-electron chi connectivity index (χ2n) is 9.30. The van der Waals surface area contributed by atoms with Crippen molar-refractivity contribution in [3.8, 4) is 0 Å².